The summed E-state index contributed by atoms with van der Waals surface area (Å²) in [6.45, 7) is 2.25. The van der Waals surface area contributed by atoms with Gasteiger partial charge in [-0.1, -0.05) is 0 Å². The first-order valence-electron chi connectivity index (χ1n) is 4.64. The molecule has 0 aliphatic rings. The van der Waals surface area contributed by atoms with Gasteiger partial charge in [0.15, 0.2) is 0 Å². The molecule has 0 heterocycles. The molecule has 16 heavy (non-hydrogen) atoms. The molecule has 0 bridgehead atoms. The number of aliphatic carboxylic acids is 2. The third-order valence-corrected chi connectivity index (χ3v) is 1.40. The molecule has 94 valence electrons. The molecule has 0 aromatic heterocycles. The molecule has 0 aliphatic carbocycles. The molecule has 0 spiro atoms. The summed E-state index contributed by atoms with van der Waals surface area (Å²) >= 11 is 3.85. The molecule has 7 heteroatoms. The Balaban J connectivity index is 0. The molecule has 2 N–H and O–H groups in total. The predicted molar refractivity (Wildman–Crippen MR) is 59.6 cm³/mol. The van der Waals surface area contributed by atoms with E-state index in [0.717, 1.165) is 0 Å². The highest BCUT2D eigenvalue weighted by Crippen LogP contribution is 1.87. The summed E-state index contributed by atoms with van der Waals surface area (Å²) in [4.78, 5) is 29.7. The van der Waals surface area contributed by atoms with E-state index in [2.05, 4.69) is 17.4 Å². The zero-order valence-electron chi connectivity index (χ0n) is 9.01. The highest BCUT2D eigenvalue weighted by atomic mass is 32.1. The van der Waals surface area contributed by atoms with Gasteiger partial charge < -0.3 is 14.9 Å². The molecule has 0 aromatic carbocycles. The van der Waals surface area contributed by atoms with Gasteiger partial charge in [-0.3, -0.25) is 14.4 Å². The number of rotatable bonds is 6. The molecule has 0 unspecified atom stereocenters. The summed E-state index contributed by atoms with van der Waals surface area (Å²) in [5.74, 6) is -1.75. The summed E-state index contributed by atoms with van der Waals surface area (Å²) in [7, 11) is 0. The van der Waals surface area contributed by atoms with E-state index in [1.165, 1.54) is 0 Å². The van der Waals surface area contributed by atoms with Gasteiger partial charge in [-0.05, 0) is 6.92 Å². The first-order chi connectivity index (χ1) is 7.43. The molecular weight excluding hydrogens is 236 g/mol. The second-order valence-corrected chi connectivity index (χ2v) is 3.01. The highest BCUT2D eigenvalue weighted by molar-refractivity contribution is 7.80. The first-order valence-corrected chi connectivity index (χ1v) is 5.27. The van der Waals surface area contributed by atoms with Gasteiger partial charge in [0, 0.05) is 5.75 Å². The number of ether oxygens (including phenoxy) is 1. The number of thiol groups is 1. The Morgan fingerprint density at radius 3 is 1.75 bits per heavy atom. The lowest BCUT2D eigenvalue weighted by molar-refractivity contribution is -0.143. The van der Waals surface area contributed by atoms with E-state index >= 15 is 0 Å². The second-order valence-electron chi connectivity index (χ2n) is 2.57. The molecule has 0 saturated carbocycles. The minimum Gasteiger partial charge on any atom is -0.481 e. The Morgan fingerprint density at radius 1 is 1.06 bits per heavy atom. The fourth-order valence-electron chi connectivity index (χ4n) is 0.538. The fourth-order valence-corrected chi connectivity index (χ4v) is 0.721. The van der Waals surface area contributed by atoms with Gasteiger partial charge >= 0.3 is 17.9 Å². The van der Waals surface area contributed by atoms with E-state index < -0.39 is 11.9 Å². The van der Waals surface area contributed by atoms with Crippen LogP contribution in [0.5, 0.6) is 0 Å². The summed E-state index contributed by atoms with van der Waals surface area (Å²) in [5, 5.41) is 15.8. The Hall–Kier alpha value is -1.24. The summed E-state index contributed by atoms with van der Waals surface area (Å²) in [6.07, 6.45) is -0.179. The van der Waals surface area contributed by atoms with Gasteiger partial charge in [0.1, 0.15) is 0 Å². The van der Waals surface area contributed by atoms with Crippen LogP contribution in [-0.4, -0.2) is 40.5 Å². The largest absolute Gasteiger partial charge is 0.481 e. The van der Waals surface area contributed by atoms with Crippen LogP contribution in [0.15, 0.2) is 0 Å². The number of carbonyl (C=O) groups excluding carboxylic acids is 1. The minimum absolute atomic E-state index is 0.164. The van der Waals surface area contributed by atoms with Crippen molar-refractivity contribution in [3.8, 4) is 0 Å². The lowest BCUT2D eigenvalue weighted by Crippen LogP contribution is -2.03. The summed E-state index contributed by atoms with van der Waals surface area (Å²) in [6, 6.07) is 0. The molecule has 0 aliphatic heterocycles. The van der Waals surface area contributed by atoms with Gasteiger partial charge in [0.2, 0.25) is 0 Å². The smallest absolute Gasteiger partial charge is 0.306 e. The standard InChI is InChI=1S/C5H10O2S.C4H6O4/c1-2-7-5(6)3-4-8;5-3(6)1-2-4(7)8/h8H,2-4H2,1H3;1-2H2,(H,5,6)(H,7,8). The number of carboxylic acid groups (broad SMARTS) is 2. The van der Waals surface area contributed by atoms with Gasteiger partial charge in [0.05, 0.1) is 25.9 Å². The van der Waals surface area contributed by atoms with Gasteiger partial charge in [-0.15, -0.1) is 0 Å². The van der Waals surface area contributed by atoms with E-state index in [1.807, 2.05) is 0 Å². The normalized spacial score (nSPS) is 8.62. The van der Waals surface area contributed by atoms with Crippen molar-refractivity contribution < 1.29 is 29.3 Å². The van der Waals surface area contributed by atoms with E-state index in [9.17, 15) is 14.4 Å². The molecule has 0 rings (SSSR count). The number of carbonyl (C=O) groups is 3. The first kappa shape index (κ1) is 17.2. The maximum atomic E-state index is 10.4. The molecular formula is C9H16O6S. The molecule has 0 saturated heterocycles. The summed E-state index contributed by atoms with van der Waals surface area (Å²) < 4.78 is 4.59. The van der Waals surface area contributed by atoms with Crippen LogP contribution >= 0.6 is 12.6 Å². The average molecular weight is 252 g/mol. The molecule has 0 amide bonds. The van der Waals surface area contributed by atoms with Crippen LogP contribution in [-0.2, 0) is 19.1 Å². The van der Waals surface area contributed by atoms with Crippen LogP contribution in [0, 0.1) is 0 Å². The van der Waals surface area contributed by atoms with Gasteiger partial charge in [-0.2, -0.15) is 12.6 Å². The molecule has 6 nitrogen and oxygen atoms in total. The topological polar surface area (TPSA) is 101 Å². The van der Waals surface area contributed by atoms with Crippen LogP contribution in [0.25, 0.3) is 0 Å². The quantitative estimate of drug-likeness (QED) is 0.477. The molecule has 0 radical (unpaired) electrons. The SMILES string of the molecule is CCOC(=O)CCS.O=C(O)CCC(=O)O. The zero-order valence-corrected chi connectivity index (χ0v) is 9.90. The molecule has 0 atom stereocenters. The van der Waals surface area contributed by atoms with Crippen LogP contribution in [0.2, 0.25) is 0 Å². The number of esters is 1. The third-order valence-electron chi connectivity index (χ3n) is 1.17. The lowest BCUT2D eigenvalue weighted by atomic mass is 10.3. The third kappa shape index (κ3) is 18.5. The lowest BCUT2D eigenvalue weighted by Gasteiger charge is -1.96. The van der Waals surface area contributed by atoms with Crippen molar-refractivity contribution in [2.24, 2.45) is 0 Å². The summed E-state index contributed by atoms with van der Waals surface area (Å²) in [5.41, 5.74) is 0. The maximum Gasteiger partial charge on any atom is 0.306 e. The Morgan fingerprint density at radius 2 is 1.50 bits per heavy atom. The number of hydrogen-bond donors (Lipinski definition) is 3. The van der Waals surface area contributed by atoms with E-state index in [0.29, 0.717) is 18.8 Å². The predicted octanol–water partition coefficient (Wildman–Crippen LogP) is 0.805. The van der Waals surface area contributed by atoms with Crippen LogP contribution in [0.3, 0.4) is 0 Å². The van der Waals surface area contributed by atoms with E-state index in [4.69, 9.17) is 10.2 Å². The maximum absolute atomic E-state index is 10.4. The van der Waals surface area contributed by atoms with E-state index in [-0.39, 0.29) is 18.8 Å². The highest BCUT2D eigenvalue weighted by Gasteiger charge is 2.00. The van der Waals surface area contributed by atoms with Gasteiger partial charge in [-0.25, -0.2) is 0 Å². The van der Waals surface area contributed by atoms with Crippen molar-refractivity contribution in [2.75, 3.05) is 12.4 Å². The van der Waals surface area contributed by atoms with E-state index in [1.54, 1.807) is 6.92 Å². The average Bonchev–Trinajstić information content (AvgIpc) is 2.16. The Bertz CT molecular complexity index is 206. The van der Waals surface area contributed by atoms with Crippen molar-refractivity contribution in [2.45, 2.75) is 26.2 Å². The fraction of sp³-hybridized carbons (Fsp3) is 0.667. The number of carboxylic acids is 2. The monoisotopic (exact) mass is 252 g/mol. The number of hydrogen-bond acceptors (Lipinski definition) is 5. The van der Waals surface area contributed by atoms with Crippen molar-refractivity contribution in [1.29, 1.82) is 0 Å². The van der Waals surface area contributed by atoms with Crippen molar-refractivity contribution >= 4 is 30.5 Å². The molecule has 0 fully saturated rings. The second kappa shape index (κ2) is 11.8. The van der Waals surface area contributed by atoms with Crippen LogP contribution in [0.1, 0.15) is 26.2 Å². The molecule has 0 aromatic rings. The Kier molecular flexibility index (Phi) is 12.7. The Labute approximate surface area is 99.0 Å². The van der Waals surface area contributed by atoms with Crippen molar-refractivity contribution in [3.05, 3.63) is 0 Å². The van der Waals surface area contributed by atoms with Crippen LogP contribution in [0.4, 0.5) is 0 Å². The van der Waals surface area contributed by atoms with Gasteiger partial charge in [0.25, 0.3) is 0 Å². The van der Waals surface area contributed by atoms with Crippen molar-refractivity contribution in [1.82, 2.24) is 0 Å². The minimum atomic E-state index is -1.08. The zero-order chi connectivity index (χ0) is 13.0. The van der Waals surface area contributed by atoms with Crippen LogP contribution < -0.4 is 0 Å². The van der Waals surface area contributed by atoms with Crippen molar-refractivity contribution in [3.63, 3.8) is 0 Å².